The molecule has 0 fully saturated rings. The van der Waals surface area contributed by atoms with Gasteiger partial charge in [-0.25, -0.2) is 0 Å². The minimum atomic E-state index is -0.817. The van der Waals surface area contributed by atoms with E-state index in [1.165, 1.54) is 44.9 Å². The van der Waals surface area contributed by atoms with Crippen LogP contribution in [-0.2, 0) is 28.6 Å². The molecule has 0 amide bonds. The zero-order valence-electron chi connectivity index (χ0n) is 46.1. The molecule has 0 aliphatic heterocycles. The molecular weight excluding hydrogens is 889 g/mol. The summed E-state index contributed by atoms with van der Waals surface area (Å²) in [6.07, 6.45) is 84.1. The maximum absolute atomic E-state index is 12.9. The molecule has 0 saturated heterocycles. The first-order valence-corrected chi connectivity index (χ1v) is 28.8. The molecule has 6 nitrogen and oxygen atoms in total. The van der Waals surface area contributed by atoms with E-state index in [-0.39, 0.29) is 44.0 Å². The van der Waals surface area contributed by atoms with Crippen molar-refractivity contribution >= 4 is 17.9 Å². The number of unbranched alkanes of at least 4 members (excludes halogenated alkanes) is 15. The number of esters is 3. The lowest BCUT2D eigenvalue weighted by molar-refractivity contribution is -0.167. The quantitative estimate of drug-likeness (QED) is 0.0261. The maximum Gasteiger partial charge on any atom is 0.306 e. The van der Waals surface area contributed by atoms with Crippen LogP contribution in [0.2, 0.25) is 0 Å². The van der Waals surface area contributed by atoms with Crippen LogP contribution in [0.4, 0.5) is 0 Å². The van der Waals surface area contributed by atoms with E-state index in [1.54, 1.807) is 0 Å². The average molecular weight is 994 g/mol. The second-order valence-electron chi connectivity index (χ2n) is 18.4. The van der Waals surface area contributed by atoms with Gasteiger partial charge in [-0.1, -0.05) is 244 Å². The van der Waals surface area contributed by atoms with Gasteiger partial charge in [-0.2, -0.15) is 0 Å². The van der Waals surface area contributed by atoms with Crippen LogP contribution in [0.15, 0.2) is 146 Å². The van der Waals surface area contributed by atoms with Gasteiger partial charge in [0, 0.05) is 19.3 Å². The van der Waals surface area contributed by atoms with Gasteiger partial charge in [-0.05, 0) is 116 Å². The van der Waals surface area contributed by atoms with Gasteiger partial charge in [0.25, 0.3) is 0 Å². The first-order chi connectivity index (χ1) is 35.5. The summed E-state index contributed by atoms with van der Waals surface area (Å²) in [6.45, 7) is 6.32. The minimum absolute atomic E-state index is 0.108. The van der Waals surface area contributed by atoms with E-state index in [0.29, 0.717) is 12.8 Å². The van der Waals surface area contributed by atoms with Gasteiger partial charge in [0.05, 0.1) is 0 Å². The first kappa shape index (κ1) is 67.3. The second-order valence-corrected chi connectivity index (χ2v) is 18.4. The summed E-state index contributed by atoms with van der Waals surface area (Å²) in [7, 11) is 0. The fraction of sp³-hybridized carbons (Fsp3) is 0.591. The Labute approximate surface area is 442 Å². The number of carbonyl (C=O) groups is 3. The Morgan fingerprint density at radius 2 is 0.556 bits per heavy atom. The monoisotopic (exact) mass is 993 g/mol. The molecule has 0 radical (unpaired) electrons. The van der Waals surface area contributed by atoms with E-state index in [4.69, 9.17) is 14.2 Å². The van der Waals surface area contributed by atoms with Crippen molar-refractivity contribution in [3.05, 3.63) is 146 Å². The summed E-state index contributed by atoms with van der Waals surface area (Å²) in [5.74, 6) is -0.998. The van der Waals surface area contributed by atoms with Crippen molar-refractivity contribution < 1.29 is 28.6 Å². The van der Waals surface area contributed by atoms with E-state index in [9.17, 15) is 14.4 Å². The van der Waals surface area contributed by atoms with Crippen molar-refractivity contribution in [3.63, 3.8) is 0 Å². The van der Waals surface area contributed by atoms with Crippen molar-refractivity contribution in [2.75, 3.05) is 13.2 Å². The van der Waals surface area contributed by atoms with Crippen LogP contribution >= 0.6 is 0 Å². The fourth-order valence-corrected chi connectivity index (χ4v) is 7.34. The van der Waals surface area contributed by atoms with Crippen LogP contribution in [0.3, 0.4) is 0 Å². The molecule has 0 aromatic carbocycles. The molecule has 0 bridgehead atoms. The van der Waals surface area contributed by atoms with E-state index >= 15 is 0 Å². The van der Waals surface area contributed by atoms with Gasteiger partial charge in [0.2, 0.25) is 0 Å². The lowest BCUT2D eigenvalue weighted by atomic mass is 10.1. The molecule has 0 saturated carbocycles. The summed E-state index contributed by atoms with van der Waals surface area (Å²) >= 11 is 0. The van der Waals surface area contributed by atoms with E-state index < -0.39 is 6.10 Å². The Hall–Kier alpha value is -4.71. The number of ether oxygens (including phenoxy) is 3. The van der Waals surface area contributed by atoms with Crippen LogP contribution in [0.5, 0.6) is 0 Å². The smallest absolute Gasteiger partial charge is 0.306 e. The zero-order valence-corrected chi connectivity index (χ0v) is 46.1. The largest absolute Gasteiger partial charge is 0.462 e. The van der Waals surface area contributed by atoms with Crippen LogP contribution in [0.1, 0.15) is 233 Å². The Kier molecular flexibility index (Phi) is 55.0. The topological polar surface area (TPSA) is 78.9 Å². The molecule has 0 spiro atoms. The van der Waals surface area contributed by atoms with Crippen molar-refractivity contribution in [2.24, 2.45) is 0 Å². The summed E-state index contributed by atoms with van der Waals surface area (Å²) < 4.78 is 16.8. The standard InChI is InChI=1S/C66H104O6/c1-4-7-10-13-16-19-22-24-26-28-30-32-33-35-36-38-40-42-44-47-50-53-56-59-65(68)71-62-63(61-70-64(67)58-55-52-49-46-21-18-15-12-9-6-3)72-66(69)60-57-54-51-48-45-43-41-39-37-34-31-29-27-25-23-20-17-14-11-8-5-2/h7-8,10-11,16-17,19-20,24-27,30-32,34-36,39-42,47,50,63H,4-6,9,12-15,18,21-23,28-29,33,37-38,43-46,48-49,51-62H2,1-3H3/b10-7-,11-8-,19-16-,20-17-,26-24-,27-25-,32-30-,34-31-,36-35-,41-39-,42-40-,50-47-. The third-order valence-electron chi connectivity index (χ3n) is 11.6. The van der Waals surface area contributed by atoms with Gasteiger partial charge in [0.15, 0.2) is 6.10 Å². The highest BCUT2D eigenvalue weighted by Crippen LogP contribution is 2.13. The maximum atomic E-state index is 12.9. The van der Waals surface area contributed by atoms with Crippen molar-refractivity contribution in [1.82, 2.24) is 0 Å². The third kappa shape index (κ3) is 56.2. The van der Waals surface area contributed by atoms with Gasteiger partial charge in [-0.3, -0.25) is 14.4 Å². The molecule has 0 aliphatic rings. The van der Waals surface area contributed by atoms with E-state index in [2.05, 4.69) is 167 Å². The second kappa shape index (κ2) is 58.9. The average Bonchev–Trinajstić information content (AvgIpc) is 3.38. The Morgan fingerprint density at radius 3 is 0.903 bits per heavy atom. The minimum Gasteiger partial charge on any atom is -0.462 e. The molecule has 0 aromatic rings. The molecule has 0 heterocycles. The van der Waals surface area contributed by atoms with Crippen LogP contribution in [0, 0.1) is 0 Å². The molecule has 0 rings (SSSR count). The predicted molar refractivity (Wildman–Crippen MR) is 311 cm³/mol. The lowest BCUT2D eigenvalue weighted by Crippen LogP contribution is -2.30. The summed E-state index contributed by atoms with van der Waals surface area (Å²) in [4.78, 5) is 38.1. The zero-order chi connectivity index (χ0) is 52.2. The molecule has 0 aromatic heterocycles. The molecule has 0 N–H and O–H groups in total. The van der Waals surface area contributed by atoms with Crippen LogP contribution in [0.25, 0.3) is 0 Å². The Bertz CT molecular complexity index is 1610. The molecule has 6 heteroatoms. The lowest BCUT2D eigenvalue weighted by Gasteiger charge is -2.18. The highest BCUT2D eigenvalue weighted by molar-refractivity contribution is 5.71. The van der Waals surface area contributed by atoms with Crippen molar-refractivity contribution in [1.29, 1.82) is 0 Å². The van der Waals surface area contributed by atoms with Gasteiger partial charge >= 0.3 is 17.9 Å². The molecular formula is C66H104O6. The summed E-state index contributed by atoms with van der Waals surface area (Å²) in [6, 6.07) is 0. The number of hydrogen-bond donors (Lipinski definition) is 0. The number of rotatable bonds is 50. The van der Waals surface area contributed by atoms with Crippen molar-refractivity contribution in [3.8, 4) is 0 Å². The number of hydrogen-bond acceptors (Lipinski definition) is 6. The Morgan fingerprint density at radius 1 is 0.292 bits per heavy atom. The molecule has 0 aliphatic carbocycles. The third-order valence-corrected chi connectivity index (χ3v) is 11.6. The van der Waals surface area contributed by atoms with Gasteiger partial charge in [-0.15, -0.1) is 0 Å². The summed E-state index contributed by atoms with van der Waals surface area (Å²) in [5, 5.41) is 0. The first-order valence-electron chi connectivity index (χ1n) is 28.8. The molecule has 72 heavy (non-hydrogen) atoms. The normalized spacial score (nSPS) is 13.2. The van der Waals surface area contributed by atoms with Gasteiger partial charge in [0.1, 0.15) is 13.2 Å². The number of allylic oxidation sites excluding steroid dienone is 24. The van der Waals surface area contributed by atoms with Crippen molar-refractivity contribution in [2.45, 2.75) is 239 Å². The Balaban J connectivity index is 4.48. The van der Waals surface area contributed by atoms with Gasteiger partial charge < -0.3 is 14.2 Å². The fourth-order valence-electron chi connectivity index (χ4n) is 7.34. The highest BCUT2D eigenvalue weighted by Gasteiger charge is 2.19. The predicted octanol–water partition coefficient (Wildman–Crippen LogP) is 19.6. The van der Waals surface area contributed by atoms with E-state index in [0.717, 1.165) is 141 Å². The SMILES string of the molecule is CC/C=C\C/C=C\C/C=C\C/C=C\C/C=C\C/C=C\C/C=C\CCCC(=O)OCC(COC(=O)CCCCCCCCCCCC)OC(=O)CCCCCCC/C=C\C/C=C\C/C=C\C/C=C\C/C=C\CC. The molecule has 404 valence electrons. The van der Waals surface area contributed by atoms with Crippen LogP contribution < -0.4 is 0 Å². The van der Waals surface area contributed by atoms with Crippen LogP contribution in [-0.4, -0.2) is 37.2 Å². The summed E-state index contributed by atoms with van der Waals surface area (Å²) in [5.41, 5.74) is 0. The van der Waals surface area contributed by atoms with E-state index in [1.807, 2.05) is 0 Å². The highest BCUT2D eigenvalue weighted by atomic mass is 16.6. The molecule has 1 unspecified atom stereocenters. The number of carbonyl (C=O) groups excluding carboxylic acids is 3. The molecule has 1 atom stereocenters.